The van der Waals surface area contributed by atoms with Crippen molar-refractivity contribution in [3.05, 3.63) is 59.7 Å². The SMILES string of the molecule is CCOc1ccc(CCNC(=O)[C@H]2CCC(=O)N2CCc2ccccc2)cc1OCC. The van der Waals surface area contributed by atoms with Gasteiger partial charge in [0.15, 0.2) is 11.5 Å². The van der Waals surface area contributed by atoms with Crippen molar-refractivity contribution >= 4 is 11.8 Å². The van der Waals surface area contributed by atoms with Gasteiger partial charge in [-0.2, -0.15) is 0 Å². The molecule has 0 unspecified atom stereocenters. The lowest BCUT2D eigenvalue weighted by atomic mass is 10.1. The predicted octanol–water partition coefficient (Wildman–Crippen LogP) is 3.38. The van der Waals surface area contributed by atoms with Crippen LogP contribution in [0.3, 0.4) is 0 Å². The molecule has 0 aromatic heterocycles. The van der Waals surface area contributed by atoms with Crippen LogP contribution in [0, 0.1) is 0 Å². The van der Waals surface area contributed by atoms with Gasteiger partial charge in [0.2, 0.25) is 11.8 Å². The maximum Gasteiger partial charge on any atom is 0.242 e. The standard InChI is InChI=1S/C25H32N2O4/c1-3-30-22-12-10-20(18-23(22)31-4-2)14-16-26-25(29)21-11-13-24(28)27(21)17-15-19-8-6-5-7-9-19/h5-10,12,18,21H,3-4,11,13-17H2,1-2H3,(H,26,29)/t21-/m1/s1. The first kappa shape index (κ1) is 22.7. The molecule has 1 saturated heterocycles. The van der Waals surface area contributed by atoms with Gasteiger partial charge in [0, 0.05) is 19.5 Å². The highest BCUT2D eigenvalue weighted by molar-refractivity contribution is 5.90. The number of amides is 2. The Morgan fingerprint density at radius 2 is 1.74 bits per heavy atom. The summed E-state index contributed by atoms with van der Waals surface area (Å²) in [5, 5.41) is 3.01. The first-order chi connectivity index (χ1) is 15.1. The predicted molar refractivity (Wildman–Crippen MR) is 120 cm³/mol. The Morgan fingerprint density at radius 1 is 1.00 bits per heavy atom. The van der Waals surface area contributed by atoms with E-state index in [-0.39, 0.29) is 17.9 Å². The number of carbonyl (C=O) groups excluding carboxylic acids is 2. The van der Waals surface area contributed by atoms with Crippen molar-refractivity contribution in [1.29, 1.82) is 0 Å². The van der Waals surface area contributed by atoms with Crippen molar-refractivity contribution in [2.45, 2.75) is 45.6 Å². The van der Waals surface area contributed by atoms with Gasteiger partial charge in [-0.15, -0.1) is 0 Å². The summed E-state index contributed by atoms with van der Waals surface area (Å²) < 4.78 is 11.3. The van der Waals surface area contributed by atoms with Crippen molar-refractivity contribution in [1.82, 2.24) is 10.2 Å². The van der Waals surface area contributed by atoms with Crippen LogP contribution in [-0.2, 0) is 22.4 Å². The lowest BCUT2D eigenvalue weighted by molar-refractivity contribution is -0.135. The molecular formula is C25H32N2O4. The van der Waals surface area contributed by atoms with Crippen LogP contribution in [-0.4, -0.2) is 49.1 Å². The highest BCUT2D eigenvalue weighted by Crippen LogP contribution is 2.28. The molecule has 6 nitrogen and oxygen atoms in total. The molecule has 0 radical (unpaired) electrons. The molecular weight excluding hydrogens is 392 g/mol. The zero-order valence-electron chi connectivity index (χ0n) is 18.4. The number of rotatable bonds is 11. The Balaban J connectivity index is 1.52. The average molecular weight is 425 g/mol. The molecule has 166 valence electrons. The Bertz CT molecular complexity index is 869. The smallest absolute Gasteiger partial charge is 0.242 e. The van der Waals surface area contributed by atoms with Crippen LogP contribution in [0.2, 0.25) is 0 Å². The zero-order valence-corrected chi connectivity index (χ0v) is 18.4. The Kier molecular flexibility index (Phi) is 8.33. The molecule has 31 heavy (non-hydrogen) atoms. The van der Waals surface area contributed by atoms with Crippen LogP contribution in [0.4, 0.5) is 0 Å². The molecule has 1 heterocycles. The van der Waals surface area contributed by atoms with Gasteiger partial charge in [-0.05, 0) is 56.4 Å². The van der Waals surface area contributed by atoms with Gasteiger partial charge < -0.3 is 19.7 Å². The van der Waals surface area contributed by atoms with Gasteiger partial charge in [-0.1, -0.05) is 36.4 Å². The second-order valence-electron chi connectivity index (χ2n) is 7.57. The fourth-order valence-corrected chi connectivity index (χ4v) is 3.88. The highest BCUT2D eigenvalue weighted by atomic mass is 16.5. The molecule has 0 bridgehead atoms. The minimum Gasteiger partial charge on any atom is -0.490 e. The van der Waals surface area contributed by atoms with Crippen molar-refractivity contribution in [2.24, 2.45) is 0 Å². The fourth-order valence-electron chi connectivity index (χ4n) is 3.88. The fraction of sp³-hybridized carbons (Fsp3) is 0.440. The number of hydrogen-bond acceptors (Lipinski definition) is 4. The van der Waals surface area contributed by atoms with E-state index >= 15 is 0 Å². The van der Waals surface area contributed by atoms with Crippen LogP contribution < -0.4 is 14.8 Å². The normalized spacial score (nSPS) is 15.7. The van der Waals surface area contributed by atoms with E-state index in [1.165, 1.54) is 5.56 Å². The summed E-state index contributed by atoms with van der Waals surface area (Å²) in [4.78, 5) is 26.8. The third-order valence-electron chi connectivity index (χ3n) is 5.44. The van der Waals surface area contributed by atoms with Gasteiger partial charge in [0.1, 0.15) is 6.04 Å². The van der Waals surface area contributed by atoms with Crippen LogP contribution in [0.15, 0.2) is 48.5 Å². The van der Waals surface area contributed by atoms with Gasteiger partial charge in [-0.25, -0.2) is 0 Å². The average Bonchev–Trinajstić information content (AvgIpc) is 3.15. The summed E-state index contributed by atoms with van der Waals surface area (Å²) in [5.74, 6) is 1.44. The first-order valence-corrected chi connectivity index (χ1v) is 11.1. The Labute approximate surface area is 184 Å². The number of likely N-dealkylation sites (tertiary alicyclic amines) is 1. The molecule has 2 aromatic carbocycles. The van der Waals surface area contributed by atoms with E-state index < -0.39 is 0 Å². The van der Waals surface area contributed by atoms with E-state index in [9.17, 15) is 9.59 Å². The van der Waals surface area contributed by atoms with E-state index in [1.807, 2.05) is 62.4 Å². The number of benzene rings is 2. The lowest BCUT2D eigenvalue weighted by Crippen LogP contribution is -2.45. The molecule has 6 heteroatoms. The number of nitrogens with one attached hydrogen (secondary N) is 1. The summed E-state index contributed by atoms with van der Waals surface area (Å²) in [6.45, 7) is 6.10. The van der Waals surface area contributed by atoms with Crippen LogP contribution in [0.25, 0.3) is 0 Å². The van der Waals surface area contributed by atoms with E-state index in [2.05, 4.69) is 5.32 Å². The van der Waals surface area contributed by atoms with Crippen molar-refractivity contribution < 1.29 is 19.1 Å². The monoisotopic (exact) mass is 424 g/mol. The summed E-state index contributed by atoms with van der Waals surface area (Å²) in [6.07, 6.45) is 2.45. The topological polar surface area (TPSA) is 67.9 Å². The van der Waals surface area contributed by atoms with Crippen LogP contribution in [0.1, 0.15) is 37.8 Å². The molecule has 1 N–H and O–H groups in total. The Morgan fingerprint density at radius 3 is 2.48 bits per heavy atom. The van der Waals surface area contributed by atoms with E-state index in [0.717, 1.165) is 23.5 Å². The molecule has 0 aliphatic carbocycles. The summed E-state index contributed by atoms with van der Waals surface area (Å²) in [6, 6.07) is 15.5. The zero-order chi connectivity index (χ0) is 22.1. The number of ether oxygens (including phenoxy) is 2. The van der Waals surface area contributed by atoms with Gasteiger partial charge in [-0.3, -0.25) is 9.59 Å². The van der Waals surface area contributed by atoms with E-state index in [0.29, 0.717) is 45.6 Å². The number of nitrogens with zero attached hydrogens (tertiary/aromatic N) is 1. The minimum atomic E-state index is -0.379. The van der Waals surface area contributed by atoms with Crippen LogP contribution >= 0.6 is 0 Å². The minimum absolute atomic E-state index is 0.0592. The second kappa shape index (κ2) is 11.4. The summed E-state index contributed by atoms with van der Waals surface area (Å²) >= 11 is 0. The molecule has 3 rings (SSSR count). The maximum absolute atomic E-state index is 12.8. The molecule has 2 aromatic rings. The molecule has 0 saturated carbocycles. The third kappa shape index (κ3) is 6.23. The van der Waals surface area contributed by atoms with E-state index in [4.69, 9.17) is 9.47 Å². The Hall–Kier alpha value is -3.02. The quantitative estimate of drug-likeness (QED) is 0.601. The second-order valence-corrected chi connectivity index (χ2v) is 7.57. The number of hydrogen-bond donors (Lipinski definition) is 1. The maximum atomic E-state index is 12.8. The lowest BCUT2D eigenvalue weighted by Gasteiger charge is -2.24. The molecule has 0 spiro atoms. The first-order valence-electron chi connectivity index (χ1n) is 11.1. The largest absolute Gasteiger partial charge is 0.490 e. The third-order valence-corrected chi connectivity index (χ3v) is 5.44. The summed E-state index contributed by atoms with van der Waals surface area (Å²) in [7, 11) is 0. The molecule has 2 amide bonds. The summed E-state index contributed by atoms with van der Waals surface area (Å²) in [5.41, 5.74) is 2.23. The molecule has 1 fully saturated rings. The van der Waals surface area contributed by atoms with Gasteiger partial charge >= 0.3 is 0 Å². The highest BCUT2D eigenvalue weighted by Gasteiger charge is 2.35. The van der Waals surface area contributed by atoms with Gasteiger partial charge in [0.05, 0.1) is 13.2 Å². The van der Waals surface area contributed by atoms with E-state index in [1.54, 1.807) is 4.90 Å². The van der Waals surface area contributed by atoms with Gasteiger partial charge in [0.25, 0.3) is 0 Å². The van der Waals surface area contributed by atoms with Crippen molar-refractivity contribution in [3.8, 4) is 11.5 Å². The molecule has 1 atom stereocenters. The van der Waals surface area contributed by atoms with Crippen molar-refractivity contribution in [3.63, 3.8) is 0 Å². The molecule has 1 aliphatic heterocycles. The molecule has 1 aliphatic rings. The number of carbonyl (C=O) groups is 2. The van der Waals surface area contributed by atoms with Crippen LogP contribution in [0.5, 0.6) is 11.5 Å². The van der Waals surface area contributed by atoms with Crippen molar-refractivity contribution in [2.75, 3.05) is 26.3 Å².